The van der Waals surface area contributed by atoms with Gasteiger partial charge < -0.3 is 10.6 Å². The van der Waals surface area contributed by atoms with Crippen LogP contribution in [-0.4, -0.2) is 20.9 Å². The van der Waals surface area contributed by atoms with Gasteiger partial charge in [-0.05, 0) is 54.1 Å². The molecule has 3 nitrogen and oxygen atoms in total. The molecule has 0 saturated heterocycles. The highest BCUT2D eigenvalue weighted by Gasteiger charge is 2.35. The number of hydrogen-bond acceptors (Lipinski definition) is 2. The molecule has 2 aromatic rings. The van der Waals surface area contributed by atoms with Gasteiger partial charge >= 0.3 is 0 Å². The molecule has 2 aromatic carbocycles. The van der Waals surface area contributed by atoms with Crippen LogP contribution in [-0.2, 0) is 0 Å². The van der Waals surface area contributed by atoms with E-state index in [0.29, 0.717) is 10.6 Å². The van der Waals surface area contributed by atoms with Crippen LogP contribution in [0.4, 0.5) is 0 Å². The van der Waals surface area contributed by atoms with Gasteiger partial charge in [0.1, 0.15) is 11.2 Å². The van der Waals surface area contributed by atoms with Crippen molar-refractivity contribution in [3.05, 3.63) is 68.3 Å². The van der Waals surface area contributed by atoms with Crippen LogP contribution in [0.2, 0.25) is 0 Å². The lowest BCUT2D eigenvalue weighted by Gasteiger charge is -2.28. The molecule has 0 aliphatic carbocycles. The van der Waals surface area contributed by atoms with Crippen molar-refractivity contribution in [3.8, 4) is 0 Å². The van der Waals surface area contributed by atoms with E-state index in [9.17, 15) is 4.79 Å². The first-order valence-electron chi connectivity index (χ1n) is 7.60. The molecule has 0 aliphatic heterocycles. The summed E-state index contributed by atoms with van der Waals surface area (Å²) in [6.45, 7) is 3.95. The highest BCUT2D eigenvalue weighted by Crippen LogP contribution is 2.30. The summed E-state index contributed by atoms with van der Waals surface area (Å²) in [5.41, 5.74) is 3.42. The van der Waals surface area contributed by atoms with Crippen molar-refractivity contribution in [1.82, 2.24) is 10.6 Å². The van der Waals surface area contributed by atoms with Crippen molar-refractivity contribution in [2.45, 2.75) is 23.8 Å². The molecule has 0 saturated carbocycles. The number of thiocarbonyl (C=S) groups is 1. The standard InChI is InChI=1S/C18H16Cl3IN2OS/c1-10-7-8-12(11(2)9-10)16(26)24-17(18(19,20)21)23-15(25)13-5-3-4-6-14(13)22/h3-9,17H,1-2H3,(H,23,25)(H,24,26). The average molecular weight is 542 g/mol. The fourth-order valence-electron chi connectivity index (χ4n) is 2.33. The minimum absolute atomic E-state index is 0.359. The van der Waals surface area contributed by atoms with Crippen LogP contribution < -0.4 is 10.6 Å². The molecule has 0 fully saturated rings. The van der Waals surface area contributed by atoms with Crippen LogP contribution in [0, 0.1) is 17.4 Å². The molecule has 0 aromatic heterocycles. The van der Waals surface area contributed by atoms with Gasteiger partial charge in [0.25, 0.3) is 5.91 Å². The third-order valence-electron chi connectivity index (χ3n) is 3.62. The summed E-state index contributed by atoms with van der Waals surface area (Å²) in [4.78, 5) is 13.0. The Morgan fingerprint density at radius 3 is 2.31 bits per heavy atom. The van der Waals surface area contributed by atoms with Crippen LogP contribution in [0.15, 0.2) is 42.5 Å². The van der Waals surface area contributed by atoms with Crippen LogP contribution in [0.5, 0.6) is 0 Å². The number of carbonyl (C=O) groups is 1. The minimum Gasteiger partial charge on any atom is -0.352 e. The van der Waals surface area contributed by atoms with Crippen molar-refractivity contribution in [3.63, 3.8) is 0 Å². The Morgan fingerprint density at radius 1 is 1.08 bits per heavy atom. The fourth-order valence-corrected chi connectivity index (χ4v) is 3.64. The number of benzene rings is 2. The normalized spacial score (nSPS) is 12.4. The second-order valence-electron chi connectivity index (χ2n) is 5.72. The molecular formula is C18H16Cl3IN2OS. The maximum Gasteiger partial charge on any atom is 0.254 e. The number of nitrogens with one attached hydrogen (secondary N) is 2. The van der Waals surface area contributed by atoms with E-state index in [1.807, 2.05) is 44.2 Å². The molecule has 138 valence electrons. The zero-order valence-electron chi connectivity index (χ0n) is 13.9. The lowest BCUT2D eigenvalue weighted by Crippen LogP contribution is -2.55. The molecule has 0 aliphatic rings. The number of aryl methyl sites for hydroxylation is 2. The van der Waals surface area contributed by atoms with E-state index in [-0.39, 0.29) is 5.91 Å². The molecule has 8 heteroatoms. The topological polar surface area (TPSA) is 41.1 Å². The molecule has 2 N–H and O–H groups in total. The SMILES string of the molecule is Cc1ccc(C(=S)NC(NC(=O)c2ccccc2I)C(Cl)(Cl)Cl)c(C)c1. The molecule has 1 unspecified atom stereocenters. The fraction of sp³-hybridized carbons (Fsp3) is 0.222. The summed E-state index contributed by atoms with van der Waals surface area (Å²) in [6.07, 6.45) is -0.996. The van der Waals surface area contributed by atoms with E-state index in [1.54, 1.807) is 12.1 Å². The van der Waals surface area contributed by atoms with Gasteiger partial charge in [0, 0.05) is 9.13 Å². The quantitative estimate of drug-likeness (QED) is 0.239. The van der Waals surface area contributed by atoms with Crippen molar-refractivity contribution in [1.29, 1.82) is 0 Å². The molecule has 26 heavy (non-hydrogen) atoms. The monoisotopic (exact) mass is 540 g/mol. The largest absolute Gasteiger partial charge is 0.352 e. The third-order valence-corrected chi connectivity index (χ3v) is 5.56. The number of alkyl halides is 3. The lowest BCUT2D eigenvalue weighted by molar-refractivity contribution is 0.0933. The van der Waals surface area contributed by atoms with Gasteiger partial charge in [-0.25, -0.2) is 0 Å². The first-order chi connectivity index (χ1) is 12.1. The summed E-state index contributed by atoms with van der Waals surface area (Å²) < 4.78 is -0.999. The van der Waals surface area contributed by atoms with Gasteiger partial charge in [0.15, 0.2) is 0 Å². The van der Waals surface area contributed by atoms with E-state index in [2.05, 4.69) is 33.2 Å². The van der Waals surface area contributed by atoms with Gasteiger partial charge in [-0.15, -0.1) is 0 Å². The van der Waals surface area contributed by atoms with Gasteiger partial charge in [-0.3, -0.25) is 4.79 Å². The third kappa shape index (κ3) is 5.70. The number of hydrogen-bond donors (Lipinski definition) is 2. The predicted octanol–water partition coefficient (Wildman–Crippen LogP) is 5.30. The van der Waals surface area contributed by atoms with E-state index >= 15 is 0 Å². The molecule has 2 rings (SSSR count). The highest BCUT2D eigenvalue weighted by atomic mass is 127. The number of carbonyl (C=O) groups excluding carboxylic acids is 1. The Morgan fingerprint density at radius 2 is 1.73 bits per heavy atom. The second-order valence-corrected chi connectivity index (χ2v) is 9.66. The molecule has 0 heterocycles. The van der Waals surface area contributed by atoms with Crippen molar-refractivity contribution in [2.24, 2.45) is 0 Å². The Bertz CT molecular complexity index is 839. The molecule has 1 atom stereocenters. The van der Waals surface area contributed by atoms with Gasteiger partial charge in [0.05, 0.1) is 5.56 Å². The Kier molecular flexibility index (Phi) is 7.56. The van der Waals surface area contributed by atoms with Gasteiger partial charge in [-0.1, -0.05) is 82.9 Å². The minimum atomic E-state index is -1.79. The number of halogens is 4. The van der Waals surface area contributed by atoms with Gasteiger partial charge in [0.2, 0.25) is 3.79 Å². The first kappa shape index (κ1) is 21.7. The van der Waals surface area contributed by atoms with Crippen LogP contribution in [0.25, 0.3) is 0 Å². The van der Waals surface area contributed by atoms with E-state index in [4.69, 9.17) is 47.0 Å². The highest BCUT2D eigenvalue weighted by molar-refractivity contribution is 14.1. The Labute approximate surface area is 186 Å². The maximum atomic E-state index is 12.6. The second kappa shape index (κ2) is 9.06. The summed E-state index contributed by atoms with van der Waals surface area (Å²) >= 11 is 25.7. The van der Waals surface area contributed by atoms with E-state index in [1.165, 1.54) is 0 Å². The average Bonchev–Trinajstić information content (AvgIpc) is 2.53. The molecule has 0 bridgehead atoms. The number of rotatable bonds is 4. The summed E-state index contributed by atoms with van der Waals surface area (Å²) in [6, 6.07) is 13.0. The zero-order valence-corrected chi connectivity index (χ0v) is 19.2. The van der Waals surface area contributed by atoms with Crippen molar-refractivity contribution in [2.75, 3.05) is 0 Å². The Balaban J connectivity index is 2.21. The zero-order chi connectivity index (χ0) is 19.5. The molecule has 0 spiro atoms. The van der Waals surface area contributed by atoms with E-state index < -0.39 is 9.96 Å². The van der Waals surface area contributed by atoms with Crippen LogP contribution >= 0.6 is 69.6 Å². The predicted molar refractivity (Wildman–Crippen MR) is 121 cm³/mol. The van der Waals surface area contributed by atoms with E-state index in [0.717, 1.165) is 20.3 Å². The smallest absolute Gasteiger partial charge is 0.254 e. The Hall–Kier alpha value is -0.600. The summed E-state index contributed by atoms with van der Waals surface area (Å²) in [7, 11) is 0. The van der Waals surface area contributed by atoms with Crippen molar-refractivity contribution >= 4 is 80.5 Å². The first-order valence-corrected chi connectivity index (χ1v) is 10.2. The summed E-state index contributed by atoms with van der Waals surface area (Å²) in [5.74, 6) is -0.359. The molecule has 0 radical (unpaired) electrons. The molecule has 1 amide bonds. The van der Waals surface area contributed by atoms with Crippen LogP contribution in [0.3, 0.4) is 0 Å². The molecular weight excluding hydrogens is 526 g/mol. The van der Waals surface area contributed by atoms with Gasteiger partial charge in [-0.2, -0.15) is 0 Å². The van der Waals surface area contributed by atoms with Crippen molar-refractivity contribution < 1.29 is 4.79 Å². The summed E-state index contributed by atoms with van der Waals surface area (Å²) in [5, 5.41) is 5.66. The number of amides is 1. The maximum absolute atomic E-state index is 12.6. The lowest BCUT2D eigenvalue weighted by atomic mass is 10.1. The van der Waals surface area contributed by atoms with Crippen LogP contribution in [0.1, 0.15) is 27.0 Å².